The predicted molar refractivity (Wildman–Crippen MR) is 86.0 cm³/mol. The molecule has 5 heteroatoms. The summed E-state index contributed by atoms with van der Waals surface area (Å²) < 4.78 is 17.7. The first kappa shape index (κ1) is 14.2. The van der Waals surface area contributed by atoms with Crippen molar-refractivity contribution in [2.45, 2.75) is 26.3 Å². The fraction of sp³-hybridized carbons (Fsp3) is 0.333. The lowest BCUT2D eigenvalue weighted by molar-refractivity contribution is 0.0888. The molecule has 0 N–H and O–H groups in total. The van der Waals surface area contributed by atoms with Crippen LogP contribution in [0.3, 0.4) is 0 Å². The van der Waals surface area contributed by atoms with E-state index < -0.39 is 0 Å². The van der Waals surface area contributed by atoms with Gasteiger partial charge in [0, 0.05) is 54.1 Å². The Morgan fingerprint density at radius 3 is 2.96 bits per heavy atom. The van der Waals surface area contributed by atoms with Gasteiger partial charge in [0.15, 0.2) is 5.78 Å². The lowest BCUT2D eigenvalue weighted by Crippen LogP contribution is -2.27. The number of aryl methyl sites for hydroxylation is 2. The van der Waals surface area contributed by atoms with Crippen LogP contribution in [0, 0.1) is 18.7 Å². The van der Waals surface area contributed by atoms with Gasteiger partial charge in [0.25, 0.3) is 0 Å². The van der Waals surface area contributed by atoms with E-state index in [2.05, 4.69) is 4.98 Å². The van der Waals surface area contributed by atoms with E-state index in [0.29, 0.717) is 12.1 Å². The third-order valence-corrected chi connectivity index (χ3v) is 4.97. The molecule has 23 heavy (non-hydrogen) atoms. The van der Waals surface area contributed by atoms with Gasteiger partial charge < -0.3 is 9.13 Å². The number of fused-ring (bicyclic) bond motifs is 3. The van der Waals surface area contributed by atoms with Gasteiger partial charge in [-0.15, -0.1) is 0 Å². The van der Waals surface area contributed by atoms with Crippen LogP contribution in [0.15, 0.2) is 30.6 Å². The lowest BCUT2D eigenvalue weighted by Gasteiger charge is -2.23. The molecular weight excluding hydrogens is 293 g/mol. The Hall–Kier alpha value is -2.43. The highest BCUT2D eigenvalue weighted by molar-refractivity contribution is 6.11. The first-order valence-electron chi connectivity index (χ1n) is 7.85. The molecule has 3 aromatic rings. The summed E-state index contributed by atoms with van der Waals surface area (Å²) in [5.41, 5.74) is 2.65. The molecule has 0 saturated heterocycles. The van der Waals surface area contributed by atoms with Gasteiger partial charge in [-0.25, -0.2) is 9.37 Å². The zero-order valence-corrected chi connectivity index (χ0v) is 13.2. The van der Waals surface area contributed by atoms with Gasteiger partial charge in [0.1, 0.15) is 11.6 Å². The second kappa shape index (κ2) is 5.05. The molecular formula is C18H18FN3O. The molecule has 1 aliphatic rings. The standard InChI is InChI=1S/C18H18FN3O/c1-11-20-7-8-22(11)10-12-3-5-16-17(18(12)23)14-9-13(19)4-6-15(14)21(16)2/h4,6-9,12H,3,5,10H2,1-2H3. The van der Waals surface area contributed by atoms with E-state index in [9.17, 15) is 9.18 Å². The number of hydrogen-bond donors (Lipinski definition) is 0. The van der Waals surface area contributed by atoms with Crippen LogP contribution in [0.4, 0.5) is 4.39 Å². The minimum Gasteiger partial charge on any atom is -0.347 e. The van der Waals surface area contributed by atoms with Crippen LogP contribution in [-0.2, 0) is 20.0 Å². The van der Waals surface area contributed by atoms with Gasteiger partial charge in [-0.2, -0.15) is 0 Å². The highest BCUT2D eigenvalue weighted by atomic mass is 19.1. The number of ketones is 1. The van der Waals surface area contributed by atoms with Crippen molar-refractivity contribution in [3.8, 4) is 0 Å². The van der Waals surface area contributed by atoms with Crippen LogP contribution >= 0.6 is 0 Å². The molecule has 0 spiro atoms. The fourth-order valence-corrected chi connectivity index (χ4v) is 3.69. The van der Waals surface area contributed by atoms with Gasteiger partial charge in [0.05, 0.1) is 0 Å². The number of Topliss-reactive ketones (excluding diaryl/α,β-unsaturated/α-hetero) is 1. The third kappa shape index (κ3) is 2.11. The summed E-state index contributed by atoms with van der Waals surface area (Å²) in [6.07, 6.45) is 5.31. The third-order valence-electron chi connectivity index (χ3n) is 4.97. The number of hydrogen-bond acceptors (Lipinski definition) is 2. The Morgan fingerprint density at radius 2 is 2.22 bits per heavy atom. The van der Waals surface area contributed by atoms with Crippen molar-refractivity contribution >= 4 is 16.7 Å². The Bertz CT molecular complexity index is 922. The number of imidazole rings is 1. The Labute approximate surface area is 133 Å². The molecule has 1 unspecified atom stereocenters. The van der Waals surface area contributed by atoms with Gasteiger partial charge >= 0.3 is 0 Å². The van der Waals surface area contributed by atoms with E-state index in [0.717, 1.165) is 35.3 Å². The molecule has 1 aliphatic carbocycles. The van der Waals surface area contributed by atoms with E-state index in [-0.39, 0.29) is 17.5 Å². The van der Waals surface area contributed by atoms with Crippen LogP contribution in [0.5, 0.6) is 0 Å². The fourth-order valence-electron chi connectivity index (χ4n) is 3.69. The molecule has 0 amide bonds. The molecule has 0 aliphatic heterocycles. The molecule has 0 radical (unpaired) electrons. The van der Waals surface area contributed by atoms with E-state index >= 15 is 0 Å². The Kier molecular flexibility index (Phi) is 3.11. The number of carbonyl (C=O) groups excluding carboxylic acids is 1. The largest absolute Gasteiger partial charge is 0.347 e. The number of nitrogens with zero attached hydrogens (tertiary/aromatic N) is 3. The van der Waals surface area contributed by atoms with Crippen LogP contribution < -0.4 is 0 Å². The predicted octanol–water partition coefficient (Wildman–Crippen LogP) is 3.27. The topological polar surface area (TPSA) is 39.8 Å². The summed E-state index contributed by atoms with van der Waals surface area (Å²) in [5.74, 6) is 0.652. The molecule has 4 rings (SSSR count). The second-order valence-corrected chi connectivity index (χ2v) is 6.27. The molecule has 0 fully saturated rings. The molecule has 118 valence electrons. The molecule has 4 nitrogen and oxygen atoms in total. The van der Waals surface area contributed by atoms with Crippen LogP contribution in [0.1, 0.15) is 28.3 Å². The average molecular weight is 311 g/mol. The minimum absolute atomic E-state index is 0.0794. The summed E-state index contributed by atoms with van der Waals surface area (Å²) in [6.45, 7) is 2.57. The maximum Gasteiger partial charge on any atom is 0.170 e. The first-order chi connectivity index (χ1) is 11.1. The molecule has 0 bridgehead atoms. The van der Waals surface area contributed by atoms with E-state index in [1.54, 1.807) is 12.3 Å². The van der Waals surface area contributed by atoms with E-state index in [1.165, 1.54) is 12.1 Å². The number of aromatic nitrogens is 3. The van der Waals surface area contributed by atoms with Crippen molar-refractivity contribution in [3.63, 3.8) is 0 Å². The quantitative estimate of drug-likeness (QED) is 0.729. The summed E-state index contributed by atoms with van der Waals surface area (Å²) in [6, 6.07) is 4.69. The summed E-state index contributed by atoms with van der Waals surface area (Å²) in [4.78, 5) is 17.2. The molecule has 1 aromatic carbocycles. The highest BCUT2D eigenvalue weighted by Crippen LogP contribution is 2.34. The number of benzene rings is 1. The monoisotopic (exact) mass is 311 g/mol. The zero-order valence-electron chi connectivity index (χ0n) is 13.2. The summed E-state index contributed by atoms with van der Waals surface area (Å²) >= 11 is 0. The Morgan fingerprint density at radius 1 is 1.39 bits per heavy atom. The van der Waals surface area contributed by atoms with Crippen LogP contribution in [-0.4, -0.2) is 19.9 Å². The van der Waals surface area contributed by atoms with Crippen LogP contribution in [0.25, 0.3) is 10.9 Å². The Balaban J connectivity index is 1.79. The van der Waals surface area contributed by atoms with Gasteiger partial charge in [-0.05, 0) is 38.0 Å². The first-order valence-corrected chi connectivity index (χ1v) is 7.85. The number of rotatable bonds is 2. The maximum atomic E-state index is 13.7. The summed E-state index contributed by atoms with van der Waals surface area (Å²) in [7, 11) is 1.95. The SMILES string of the molecule is Cc1nccn1CC1CCc2c(c3cc(F)ccc3n2C)C1=O. The van der Waals surface area contributed by atoms with Crippen molar-refractivity contribution in [1.82, 2.24) is 14.1 Å². The van der Waals surface area contributed by atoms with Crippen molar-refractivity contribution in [1.29, 1.82) is 0 Å². The molecule has 2 heterocycles. The van der Waals surface area contributed by atoms with E-state index in [1.807, 2.05) is 29.3 Å². The average Bonchev–Trinajstić information content (AvgIpc) is 3.05. The summed E-state index contributed by atoms with van der Waals surface area (Å²) in [5, 5.41) is 0.736. The van der Waals surface area contributed by atoms with Crippen LogP contribution in [0.2, 0.25) is 0 Å². The maximum absolute atomic E-state index is 13.7. The van der Waals surface area contributed by atoms with Gasteiger partial charge in [-0.3, -0.25) is 4.79 Å². The van der Waals surface area contributed by atoms with Crippen molar-refractivity contribution in [2.75, 3.05) is 0 Å². The van der Waals surface area contributed by atoms with E-state index in [4.69, 9.17) is 0 Å². The van der Waals surface area contributed by atoms with Crippen molar-refractivity contribution < 1.29 is 9.18 Å². The van der Waals surface area contributed by atoms with Crippen molar-refractivity contribution in [3.05, 3.63) is 53.5 Å². The van der Waals surface area contributed by atoms with Gasteiger partial charge in [-0.1, -0.05) is 0 Å². The van der Waals surface area contributed by atoms with Crippen molar-refractivity contribution in [2.24, 2.45) is 13.0 Å². The smallest absolute Gasteiger partial charge is 0.170 e. The number of carbonyl (C=O) groups is 1. The molecule has 1 atom stereocenters. The minimum atomic E-state index is -0.300. The van der Waals surface area contributed by atoms with Gasteiger partial charge in [0.2, 0.25) is 0 Å². The lowest BCUT2D eigenvalue weighted by atomic mass is 9.85. The number of halogens is 1. The normalized spacial score (nSPS) is 17.7. The zero-order chi connectivity index (χ0) is 16.1. The second-order valence-electron chi connectivity index (χ2n) is 6.27. The highest BCUT2D eigenvalue weighted by Gasteiger charge is 2.32. The molecule has 0 saturated carbocycles. The molecule has 2 aromatic heterocycles.